The fourth-order valence-corrected chi connectivity index (χ4v) is 2.62. The van der Waals surface area contributed by atoms with Crippen molar-refractivity contribution in [3.8, 4) is 17.3 Å². The highest BCUT2D eigenvalue weighted by Gasteiger charge is 2.12. The zero-order chi connectivity index (χ0) is 19.8. The molecule has 0 aliphatic carbocycles. The summed E-state index contributed by atoms with van der Waals surface area (Å²) in [5.41, 5.74) is 1.21. The van der Waals surface area contributed by atoms with Crippen molar-refractivity contribution in [2.75, 3.05) is 13.2 Å². The summed E-state index contributed by atoms with van der Waals surface area (Å²) in [6.07, 6.45) is 7.30. The maximum absolute atomic E-state index is 12.2. The normalized spacial score (nSPS) is 10.8. The third-order valence-electron chi connectivity index (χ3n) is 4.16. The van der Waals surface area contributed by atoms with Gasteiger partial charge in [0.1, 0.15) is 11.4 Å². The lowest BCUT2D eigenvalue weighted by atomic mass is 10.2. The van der Waals surface area contributed by atoms with Gasteiger partial charge in [-0.15, -0.1) is 0 Å². The van der Waals surface area contributed by atoms with E-state index in [-0.39, 0.29) is 5.91 Å². The van der Waals surface area contributed by atoms with E-state index in [1.54, 1.807) is 29.2 Å². The third kappa shape index (κ3) is 5.42. The van der Waals surface area contributed by atoms with Crippen molar-refractivity contribution in [1.29, 1.82) is 0 Å². The highest BCUT2D eigenvalue weighted by Crippen LogP contribution is 2.14. The molecule has 28 heavy (non-hydrogen) atoms. The molecule has 1 N–H and O–H groups in total. The first kappa shape index (κ1) is 19.6. The van der Waals surface area contributed by atoms with E-state index in [1.807, 2.05) is 19.2 Å². The van der Waals surface area contributed by atoms with Crippen molar-refractivity contribution in [3.05, 3.63) is 48.2 Å². The Labute approximate surface area is 163 Å². The van der Waals surface area contributed by atoms with Gasteiger partial charge >= 0.3 is 0 Å². The van der Waals surface area contributed by atoms with Crippen molar-refractivity contribution in [3.63, 3.8) is 0 Å². The number of carbonyl (C=O) groups is 1. The fraction of sp³-hybridized carbons (Fsp3) is 0.400. The molecule has 0 aliphatic heterocycles. The van der Waals surface area contributed by atoms with Crippen LogP contribution in [0.4, 0.5) is 0 Å². The van der Waals surface area contributed by atoms with Crippen LogP contribution >= 0.6 is 0 Å². The maximum atomic E-state index is 12.2. The molecule has 8 nitrogen and oxygen atoms in total. The minimum Gasteiger partial charge on any atom is -0.494 e. The number of nitrogens with one attached hydrogen (secondary N) is 1. The largest absolute Gasteiger partial charge is 0.494 e. The van der Waals surface area contributed by atoms with E-state index in [0.717, 1.165) is 25.0 Å². The lowest BCUT2D eigenvalue weighted by molar-refractivity contribution is 0.0954. The minimum absolute atomic E-state index is 0.147. The summed E-state index contributed by atoms with van der Waals surface area (Å²) in [6.45, 7) is 3.27. The number of aryl methyl sites for hydroxylation is 1. The Kier molecular flexibility index (Phi) is 6.78. The number of carbonyl (C=O) groups excluding carboxylic acids is 1. The average molecular weight is 383 g/mol. The van der Waals surface area contributed by atoms with Gasteiger partial charge < -0.3 is 19.1 Å². The molecule has 1 amide bonds. The molecule has 1 aromatic carbocycles. The molecule has 2 heterocycles. The Balaban J connectivity index is 1.43. The Morgan fingerprint density at radius 1 is 1.25 bits per heavy atom. The molecule has 3 aromatic rings. The lowest BCUT2D eigenvalue weighted by Gasteiger charge is -2.07. The summed E-state index contributed by atoms with van der Waals surface area (Å²) in [6, 6.07) is 7.16. The molecule has 148 valence electrons. The van der Waals surface area contributed by atoms with Gasteiger partial charge in [0.15, 0.2) is 5.82 Å². The monoisotopic (exact) mass is 383 g/mol. The quantitative estimate of drug-likeness (QED) is 0.541. The van der Waals surface area contributed by atoms with E-state index < -0.39 is 0 Å². The molecule has 0 bridgehead atoms. The first-order valence-corrected chi connectivity index (χ1v) is 9.47. The predicted molar refractivity (Wildman–Crippen MR) is 104 cm³/mol. The van der Waals surface area contributed by atoms with Gasteiger partial charge in [0, 0.05) is 31.8 Å². The first-order chi connectivity index (χ1) is 13.7. The number of unbranched alkanes of at least 4 members (excludes halogenated alkanes) is 2. The molecule has 0 unspecified atom stereocenters. The van der Waals surface area contributed by atoms with Gasteiger partial charge in [-0.2, -0.15) is 4.98 Å². The van der Waals surface area contributed by atoms with Crippen LogP contribution < -0.4 is 10.1 Å². The van der Waals surface area contributed by atoms with E-state index in [2.05, 4.69) is 27.4 Å². The van der Waals surface area contributed by atoms with Gasteiger partial charge in [0.2, 0.25) is 0 Å². The van der Waals surface area contributed by atoms with Gasteiger partial charge in [0.05, 0.1) is 12.9 Å². The van der Waals surface area contributed by atoms with E-state index in [0.29, 0.717) is 42.5 Å². The van der Waals surface area contributed by atoms with E-state index in [9.17, 15) is 4.79 Å². The molecule has 0 aliphatic rings. The number of benzene rings is 1. The summed E-state index contributed by atoms with van der Waals surface area (Å²) >= 11 is 0. The van der Waals surface area contributed by atoms with E-state index in [4.69, 9.17) is 9.26 Å². The molecule has 0 atom stereocenters. The molecule has 8 heteroatoms. The molecule has 0 fully saturated rings. The number of amides is 1. The molecular formula is C20H25N5O3. The van der Waals surface area contributed by atoms with Crippen LogP contribution in [0, 0.1) is 0 Å². The second-order valence-electron chi connectivity index (χ2n) is 6.53. The van der Waals surface area contributed by atoms with Crippen LogP contribution in [-0.2, 0) is 13.5 Å². The van der Waals surface area contributed by atoms with Crippen molar-refractivity contribution in [2.45, 2.75) is 32.6 Å². The summed E-state index contributed by atoms with van der Waals surface area (Å²) in [5.74, 6) is 1.53. The second kappa shape index (κ2) is 9.68. The van der Waals surface area contributed by atoms with E-state index in [1.165, 1.54) is 0 Å². The van der Waals surface area contributed by atoms with Gasteiger partial charge in [-0.05, 0) is 30.7 Å². The van der Waals surface area contributed by atoms with Gasteiger partial charge in [-0.1, -0.05) is 24.9 Å². The van der Waals surface area contributed by atoms with Crippen molar-refractivity contribution >= 4 is 5.91 Å². The first-order valence-electron chi connectivity index (χ1n) is 9.47. The highest BCUT2D eigenvalue weighted by atomic mass is 16.5. The molecule has 0 radical (unpaired) electrons. The third-order valence-corrected chi connectivity index (χ3v) is 4.16. The van der Waals surface area contributed by atoms with Gasteiger partial charge in [-0.25, -0.2) is 4.98 Å². The van der Waals surface area contributed by atoms with Crippen LogP contribution in [0.1, 0.15) is 42.4 Å². The number of aromatic nitrogens is 4. The average Bonchev–Trinajstić information content (AvgIpc) is 3.34. The van der Waals surface area contributed by atoms with Crippen molar-refractivity contribution < 1.29 is 14.1 Å². The molecule has 3 rings (SSSR count). The standard InChI is InChI=1S/C20H25N5O3/c1-3-4-5-12-27-16-8-6-15(7-9-16)19(26)21-11-10-18-23-20(28-24-18)17-13-25(2)14-22-17/h6-9,13-14H,3-5,10-12H2,1-2H3,(H,21,26). The number of rotatable bonds is 10. The van der Waals surface area contributed by atoms with Crippen LogP contribution in [0.5, 0.6) is 5.75 Å². The molecule has 0 spiro atoms. The summed E-state index contributed by atoms with van der Waals surface area (Å²) in [7, 11) is 1.87. The van der Waals surface area contributed by atoms with E-state index >= 15 is 0 Å². The number of hydrogen-bond donors (Lipinski definition) is 1. The topological polar surface area (TPSA) is 95.1 Å². The van der Waals surface area contributed by atoms with Gasteiger partial charge in [-0.3, -0.25) is 4.79 Å². The Morgan fingerprint density at radius 2 is 2.07 bits per heavy atom. The van der Waals surface area contributed by atoms with Gasteiger partial charge in [0.25, 0.3) is 11.8 Å². The minimum atomic E-state index is -0.147. The summed E-state index contributed by atoms with van der Waals surface area (Å²) in [5, 5.41) is 6.78. The molecule has 0 saturated carbocycles. The Bertz CT molecular complexity index is 885. The summed E-state index contributed by atoms with van der Waals surface area (Å²) in [4.78, 5) is 20.7. The molecule has 2 aromatic heterocycles. The highest BCUT2D eigenvalue weighted by molar-refractivity contribution is 5.94. The van der Waals surface area contributed by atoms with Crippen molar-refractivity contribution in [1.82, 2.24) is 25.0 Å². The smallest absolute Gasteiger partial charge is 0.278 e. The zero-order valence-electron chi connectivity index (χ0n) is 16.2. The SMILES string of the molecule is CCCCCOc1ccc(C(=O)NCCc2noc(-c3cn(C)cn3)n2)cc1. The maximum Gasteiger partial charge on any atom is 0.278 e. The van der Waals surface area contributed by atoms with Crippen LogP contribution in [0.3, 0.4) is 0 Å². The fourth-order valence-electron chi connectivity index (χ4n) is 2.62. The number of imidazole rings is 1. The lowest BCUT2D eigenvalue weighted by Crippen LogP contribution is -2.25. The van der Waals surface area contributed by atoms with Crippen molar-refractivity contribution in [2.24, 2.45) is 7.05 Å². The number of nitrogens with zero attached hydrogens (tertiary/aromatic N) is 4. The molecule has 0 saturated heterocycles. The van der Waals surface area contributed by atoms with Crippen LogP contribution in [0.15, 0.2) is 41.3 Å². The Hall–Kier alpha value is -3.16. The number of hydrogen-bond acceptors (Lipinski definition) is 6. The second-order valence-corrected chi connectivity index (χ2v) is 6.53. The number of ether oxygens (including phenoxy) is 1. The summed E-state index contributed by atoms with van der Waals surface area (Å²) < 4.78 is 12.7. The Morgan fingerprint density at radius 3 is 2.79 bits per heavy atom. The zero-order valence-corrected chi connectivity index (χ0v) is 16.2. The molecular weight excluding hydrogens is 358 g/mol. The van der Waals surface area contributed by atoms with Crippen LogP contribution in [0.2, 0.25) is 0 Å². The predicted octanol–water partition coefficient (Wildman–Crippen LogP) is 3.01. The van der Waals surface area contributed by atoms with Crippen LogP contribution in [-0.4, -0.2) is 38.8 Å². The van der Waals surface area contributed by atoms with Crippen LogP contribution in [0.25, 0.3) is 11.6 Å².